The first-order valence-corrected chi connectivity index (χ1v) is 8.52. The van der Waals surface area contributed by atoms with Crippen LogP contribution >= 0.6 is 23.6 Å². The van der Waals surface area contributed by atoms with Crippen LogP contribution < -0.4 is 10.0 Å². The first-order chi connectivity index (χ1) is 10.1. The Balaban J connectivity index is 1.75. The highest BCUT2D eigenvalue weighted by Gasteiger charge is 2.01. The van der Waals surface area contributed by atoms with Crippen molar-refractivity contribution in [2.24, 2.45) is 0 Å². The Bertz CT molecular complexity index is 600. The molecule has 0 bridgehead atoms. The highest BCUT2D eigenvalue weighted by Crippen LogP contribution is 2.14. The van der Waals surface area contributed by atoms with Gasteiger partial charge in [-0.05, 0) is 58.9 Å². The number of anilines is 2. The zero-order valence-electron chi connectivity index (χ0n) is 10.9. The first kappa shape index (κ1) is 15.9. The van der Waals surface area contributed by atoms with Gasteiger partial charge in [0.15, 0.2) is 0 Å². The van der Waals surface area contributed by atoms with E-state index in [4.69, 9.17) is 21.5 Å². The van der Waals surface area contributed by atoms with Gasteiger partial charge in [-0.25, -0.2) is 4.21 Å². The van der Waals surface area contributed by atoms with Crippen LogP contribution in [0.5, 0.6) is 0 Å². The maximum atomic E-state index is 10.6. The third kappa shape index (κ3) is 5.80. The van der Waals surface area contributed by atoms with Crippen molar-refractivity contribution >= 4 is 51.4 Å². The minimum Gasteiger partial charge on any atom is -0.470 e. The predicted octanol–water partition coefficient (Wildman–Crippen LogP) is 3.25. The van der Waals surface area contributed by atoms with E-state index in [0.29, 0.717) is 17.5 Å². The van der Waals surface area contributed by atoms with E-state index >= 15 is 0 Å². The number of rotatable bonds is 6. The van der Waals surface area contributed by atoms with Crippen LogP contribution in [-0.4, -0.2) is 20.5 Å². The molecular weight excluding hydrogens is 328 g/mol. The van der Waals surface area contributed by atoms with Crippen LogP contribution in [0.1, 0.15) is 5.56 Å². The molecule has 0 aliphatic rings. The largest absolute Gasteiger partial charge is 0.470 e. The summed E-state index contributed by atoms with van der Waals surface area (Å²) in [6.45, 7) is 0.520. The van der Waals surface area contributed by atoms with E-state index in [1.165, 1.54) is 5.56 Å². The molecule has 2 rings (SSSR count). The average molecular weight is 342 g/mol. The lowest BCUT2D eigenvalue weighted by Crippen LogP contribution is -2.14. The van der Waals surface area contributed by atoms with Gasteiger partial charge in [-0.2, -0.15) is 11.3 Å². The molecule has 1 atom stereocenters. The number of benzene rings is 1. The Labute approximate surface area is 134 Å². The monoisotopic (exact) mass is 342 g/mol. The molecule has 5 nitrogen and oxygen atoms in total. The molecule has 1 aromatic carbocycles. The van der Waals surface area contributed by atoms with E-state index in [1.807, 2.05) is 5.38 Å². The Hall–Kier alpha value is -1.48. The van der Waals surface area contributed by atoms with Crippen LogP contribution in [0.25, 0.3) is 0 Å². The smallest absolute Gasteiger partial charge is 0.261 e. The fourth-order valence-electron chi connectivity index (χ4n) is 1.57. The number of hydrogen-bond donors (Lipinski definition) is 3. The van der Waals surface area contributed by atoms with Gasteiger partial charge in [-0.15, -0.1) is 0 Å². The molecule has 0 radical (unpaired) electrons. The zero-order chi connectivity index (χ0) is 15.1. The van der Waals surface area contributed by atoms with E-state index in [2.05, 4.69) is 21.5 Å². The van der Waals surface area contributed by atoms with Crippen molar-refractivity contribution in [2.45, 2.75) is 6.42 Å². The molecule has 1 aromatic heterocycles. The maximum Gasteiger partial charge on any atom is 0.261 e. The Kier molecular flexibility index (Phi) is 6.12. The zero-order valence-corrected chi connectivity index (χ0v) is 13.4. The summed E-state index contributed by atoms with van der Waals surface area (Å²) in [5.41, 5.74) is 2.53. The van der Waals surface area contributed by atoms with Crippen molar-refractivity contribution in [3.8, 4) is 0 Å². The van der Waals surface area contributed by atoms with E-state index in [0.717, 1.165) is 12.1 Å². The lowest BCUT2D eigenvalue weighted by atomic mass is 10.3. The highest BCUT2D eigenvalue weighted by atomic mass is 32.2. The van der Waals surface area contributed by atoms with Gasteiger partial charge in [0.1, 0.15) is 0 Å². The number of nitrogens with one attached hydrogen (secondary N) is 2. The van der Waals surface area contributed by atoms with Crippen molar-refractivity contribution in [3.05, 3.63) is 46.7 Å². The minimum absolute atomic E-state index is 0.302. The van der Waals surface area contributed by atoms with E-state index in [9.17, 15) is 4.21 Å². The van der Waals surface area contributed by atoms with Gasteiger partial charge in [0.05, 0.1) is 6.61 Å². The summed E-state index contributed by atoms with van der Waals surface area (Å²) < 4.78 is 27.1. The maximum absolute atomic E-state index is 10.6. The predicted molar refractivity (Wildman–Crippen MR) is 91.0 cm³/mol. The third-order valence-corrected chi connectivity index (χ3v) is 3.90. The van der Waals surface area contributed by atoms with Gasteiger partial charge in [0.2, 0.25) is 0 Å². The fraction of sp³-hybridized carbons (Fsp3) is 0.154. The molecule has 0 saturated carbocycles. The van der Waals surface area contributed by atoms with Gasteiger partial charge < -0.3 is 10.1 Å². The second-order valence-corrected chi connectivity index (χ2v) is 5.92. The molecule has 2 aromatic rings. The van der Waals surface area contributed by atoms with Crippen molar-refractivity contribution < 1.29 is 13.5 Å². The lowest BCUT2D eigenvalue weighted by Gasteiger charge is -2.10. The molecule has 8 heteroatoms. The Morgan fingerprint density at radius 3 is 2.62 bits per heavy atom. The van der Waals surface area contributed by atoms with Gasteiger partial charge in [-0.3, -0.25) is 9.27 Å². The summed E-state index contributed by atoms with van der Waals surface area (Å²) in [5, 5.41) is 7.36. The normalized spacial score (nSPS) is 11.7. The molecule has 0 saturated heterocycles. The molecule has 0 aliphatic carbocycles. The molecule has 21 heavy (non-hydrogen) atoms. The second-order valence-electron chi connectivity index (χ2n) is 4.07. The van der Waals surface area contributed by atoms with Gasteiger partial charge in [0, 0.05) is 17.8 Å². The van der Waals surface area contributed by atoms with Crippen LogP contribution in [0.3, 0.4) is 0 Å². The standard InChI is InChI=1S/C13H14N2O3S3/c16-21(17)15-12-3-1-11(2-4-12)14-13(19)18-7-5-10-6-8-20-9-10/h1-4,6,8-9,15H,5,7H2,(H,14,19)(H,16,17). The van der Waals surface area contributed by atoms with Crippen molar-refractivity contribution in [3.63, 3.8) is 0 Å². The lowest BCUT2D eigenvalue weighted by molar-refractivity contribution is 0.317. The quantitative estimate of drug-likeness (QED) is 0.555. The van der Waals surface area contributed by atoms with Gasteiger partial charge >= 0.3 is 0 Å². The van der Waals surface area contributed by atoms with Gasteiger partial charge in [-0.1, -0.05) is 0 Å². The molecule has 1 heterocycles. The summed E-state index contributed by atoms with van der Waals surface area (Å²) in [6, 6.07) is 8.88. The summed E-state index contributed by atoms with van der Waals surface area (Å²) in [6.07, 6.45) is 0.816. The number of thiocarbonyl (C=S) groups is 1. The molecule has 1 unspecified atom stereocenters. The number of ether oxygens (including phenoxy) is 1. The molecule has 0 aliphatic heterocycles. The molecule has 0 fully saturated rings. The van der Waals surface area contributed by atoms with Crippen molar-refractivity contribution in [1.82, 2.24) is 0 Å². The summed E-state index contributed by atoms with van der Waals surface area (Å²) in [4.78, 5) is 0. The summed E-state index contributed by atoms with van der Waals surface area (Å²) in [7, 11) is 0. The molecule has 0 spiro atoms. The average Bonchev–Trinajstić information content (AvgIpc) is 2.93. The Morgan fingerprint density at radius 2 is 2.00 bits per heavy atom. The highest BCUT2D eigenvalue weighted by molar-refractivity contribution is 7.80. The summed E-state index contributed by atoms with van der Waals surface area (Å²) in [5.74, 6) is 0. The van der Waals surface area contributed by atoms with Crippen LogP contribution in [-0.2, 0) is 22.4 Å². The number of thiophene rings is 1. The number of hydrogen-bond acceptors (Lipinski definition) is 4. The second kappa shape index (κ2) is 8.08. The van der Waals surface area contributed by atoms with Crippen LogP contribution in [0.4, 0.5) is 11.4 Å². The molecule has 112 valence electrons. The summed E-state index contributed by atoms with van der Waals surface area (Å²) >= 11 is 4.68. The van der Waals surface area contributed by atoms with E-state index in [1.54, 1.807) is 35.6 Å². The topological polar surface area (TPSA) is 70.6 Å². The van der Waals surface area contributed by atoms with Gasteiger partial charge in [0.25, 0.3) is 16.4 Å². The SMILES string of the molecule is O=S(O)Nc1ccc(NC(=S)OCCc2ccsc2)cc1. The van der Waals surface area contributed by atoms with Crippen LogP contribution in [0, 0.1) is 0 Å². The molecular formula is C13H14N2O3S3. The fourth-order valence-corrected chi connectivity index (χ4v) is 2.81. The molecule has 3 N–H and O–H groups in total. The molecule has 0 amide bonds. The third-order valence-electron chi connectivity index (χ3n) is 2.54. The minimum atomic E-state index is -2.07. The van der Waals surface area contributed by atoms with E-state index in [-0.39, 0.29) is 0 Å². The Morgan fingerprint density at radius 1 is 1.29 bits per heavy atom. The van der Waals surface area contributed by atoms with Crippen LogP contribution in [0.2, 0.25) is 0 Å². The van der Waals surface area contributed by atoms with Crippen molar-refractivity contribution in [1.29, 1.82) is 0 Å². The van der Waals surface area contributed by atoms with Crippen molar-refractivity contribution in [2.75, 3.05) is 16.6 Å². The first-order valence-electron chi connectivity index (χ1n) is 6.06. The van der Waals surface area contributed by atoms with Crippen LogP contribution in [0.15, 0.2) is 41.1 Å². The van der Waals surface area contributed by atoms with E-state index < -0.39 is 11.3 Å².